The SMILES string of the molecule is CC(C)C(C)CC(O)[C@@H](C)[C@H]1CC(=O)[C@H]2[C@@H]3[C@@H](O)[C@H](O)[C@H]4[C@H](O)[C@H](O)[C@@H](OS(=O)(=O)O)C[C@]4(C)[C@H]3CC[C@]12C. The highest BCUT2D eigenvalue weighted by Gasteiger charge is 2.70. The molecule has 2 unspecified atom stereocenters. The zero-order chi connectivity index (χ0) is 29.4. The number of rotatable bonds is 7. The molecule has 4 fully saturated rings. The molecule has 15 atom stereocenters. The van der Waals surface area contributed by atoms with Gasteiger partial charge in [-0.25, -0.2) is 4.18 Å². The summed E-state index contributed by atoms with van der Waals surface area (Å²) in [7, 11) is -4.93. The van der Waals surface area contributed by atoms with Crippen LogP contribution in [-0.4, -0.2) is 80.9 Å². The number of hydrogen-bond donors (Lipinski definition) is 6. The van der Waals surface area contributed by atoms with Crippen LogP contribution in [0, 0.1) is 58.2 Å². The van der Waals surface area contributed by atoms with Gasteiger partial charge in [0.05, 0.1) is 24.4 Å². The van der Waals surface area contributed by atoms with Crippen LogP contribution in [0.25, 0.3) is 0 Å². The molecule has 0 bridgehead atoms. The van der Waals surface area contributed by atoms with Crippen LogP contribution in [0.4, 0.5) is 0 Å². The molecule has 0 aromatic heterocycles. The van der Waals surface area contributed by atoms with E-state index in [9.17, 15) is 43.3 Å². The van der Waals surface area contributed by atoms with Gasteiger partial charge >= 0.3 is 10.4 Å². The van der Waals surface area contributed by atoms with Crippen molar-refractivity contribution in [2.45, 2.75) is 110 Å². The van der Waals surface area contributed by atoms with Gasteiger partial charge in [0.25, 0.3) is 0 Å². The Labute approximate surface area is 232 Å². The minimum absolute atomic E-state index is 0.0106. The second-order valence-electron chi connectivity index (χ2n) is 14.1. The summed E-state index contributed by atoms with van der Waals surface area (Å²) in [5.74, 6) is -2.11. The average molecular weight is 577 g/mol. The third-order valence-electron chi connectivity index (χ3n) is 11.9. The van der Waals surface area contributed by atoms with Crippen LogP contribution in [0.1, 0.15) is 73.6 Å². The fourth-order valence-corrected chi connectivity index (χ4v) is 9.87. The van der Waals surface area contributed by atoms with Crippen molar-refractivity contribution in [3.63, 3.8) is 0 Å². The second-order valence-corrected chi connectivity index (χ2v) is 15.2. The Morgan fingerprint density at radius 2 is 1.56 bits per heavy atom. The molecule has 0 radical (unpaired) electrons. The maximum absolute atomic E-state index is 13.7. The van der Waals surface area contributed by atoms with Crippen molar-refractivity contribution in [2.75, 3.05) is 0 Å². The lowest BCUT2D eigenvalue weighted by Crippen LogP contribution is -2.70. The van der Waals surface area contributed by atoms with Crippen molar-refractivity contribution in [1.29, 1.82) is 0 Å². The number of ketones is 1. The van der Waals surface area contributed by atoms with Crippen molar-refractivity contribution in [2.24, 2.45) is 58.2 Å². The quantitative estimate of drug-likeness (QED) is 0.243. The Kier molecular flexibility index (Phi) is 8.47. The predicted octanol–water partition coefficient (Wildman–Crippen LogP) is 1.57. The Hall–Kier alpha value is -0.660. The summed E-state index contributed by atoms with van der Waals surface area (Å²) >= 11 is 0. The molecular weight excluding hydrogens is 528 g/mol. The van der Waals surface area contributed by atoms with Crippen LogP contribution in [0.3, 0.4) is 0 Å². The third kappa shape index (κ3) is 5.13. The first kappa shape index (κ1) is 31.3. The fraction of sp³-hybridized carbons (Fsp3) is 0.964. The molecule has 10 nitrogen and oxygen atoms in total. The lowest BCUT2D eigenvalue weighted by molar-refractivity contribution is -0.264. The zero-order valence-electron chi connectivity index (χ0n) is 23.8. The standard InChI is InChI=1S/C28H48O10S/c1-12(2)13(3)9-17(29)14(4)16-10-18(30)21-20-15(7-8-27(16,21)5)28(6)11-19(38-39(35,36)37)23(31)25(33)22(28)26(34)24(20)32/h12-17,19-26,29,31-34H,7-11H2,1-6H3,(H,35,36,37)/t13?,14-,15-,16+,17?,19-,20+,21-,22+,23+,24+,25-,26+,27+,28+/m0/s1. The van der Waals surface area contributed by atoms with Crippen LogP contribution in [0.5, 0.6) is 0 Å². The van der Waals surface area contributed by atoms with Gasteiger partial charge in [-0.15, -0.1) is 0 Å². The molecule has 0 spiro atoms. The molecular formula is C28H48O10S. The molecule has 0 amide bonds. The van der Waals surface area contributed by atoms with Gasteiger partial charge < -0.3 is 25.5 Å². The van der Waals surface area contributed by atoms with Crippen molar-refractivity contribution >= 4 is 16.2 Å². The van der Waals surface area contributed by atoms with Gasteiger partial charge in [0.1, 0.15) is 18.0 Å². The maximum atomic E-state index is 13.7. The fourth-order valence-electron chi connectivity index (χ4n) is 9.38. The Morgan fingerprint density at radius 3 is 2.13 bits per heavy atom. The van der Waals surface area contributed by atoms with Crippen LogP contribution in [0.15, 0.2) is 0 Å². The molecule has 0 saturated heterocycles. The van der Waals surface area contributed by atoms with Crippen molar-refractivity contribution in [3.05, 3.63) is 0 Å². The first-order valence-electron chi connectivity index (χ1n) is 14.4. The smallest absolute Gasteiger partial charge is 0.393 e. The predicted molar refractivity (Wildman–Crippen MR) is 141 cm³/mol. The lowest BCUT2D eigenvalue weighted by atomic mass is 9.42. The Morgan fingerprint density at radius 1 is 0.974 bits per heavy atom. The average Bonchev–Trinajstić information content (AvgIpc) is 3.09. The highest BCUT2D eigenvalue weighted by Crippen LogP contribution is 2.67. The van der Waals surface area contributed by atoms with E-state index in [-0.39, 0.29) is 36.4 Å². The zero-order valence-corrected chi connectivity index (χ0v) is 24.7. The first-order chi connectivity index (χ1) is 17.8. The second kappa shape index (κ2) is 10.6. The molecule has 6 N–H and O–H groups in total. The summed E-state index contributed by atoms with van der Waals surface area (Å²) in [6.45, 7) is 12.2. The van der Waals surface area contributed by atoms with Gasteiger partial charge in [0, 0.05) is 24.2 Å². The van der Waals surface area contributed by atoms with E-state index in [0.29, 0.717) is 31.1 Å². The highest BCUT2D eigenvalue weighted by atomic mass is 32.3. The molecule has 4 aliphatic carbocycles. The summed E-state index contributed by atoms with van der Waals surface area (Å²) in [6.07, 6.45) is -6.15. The number of aliphatic hydroxyl groups is 5. The highest BCUT2D eigenvalue weighted by molar-refractivity contribution is 7.80. The summed E-state index contributed by atoms with van der Waals surface area (Å²) < 4.78 is 37.0. The van der Waals surface area contributed by atoms with Gasteiger partial charge in [0.15, 0.2) is 0 Å². The molecule has 0 aromatic rings. The van der Waals surface area contributed by atoms with E-state index in [0.717, 1.165) is 0 Å². The number of aliphatic hydroxyl groups excluding tert-OH is 5. The molecule has 4 rings (SSSR count). The van der Waals surface area contributed by atoms with Crippen molar-refractivity contribution in [3.8, 4) is 0 Å². The number of carbonyl (C=O) groups excluding carboxylic acids is 1. The van der Waals surface area contributed by atoms with Crippen LogP contribution in [-0.2, 0) is 19.4 Å². The molecule has 0 aliphatic heterocycles. The molecule has 0 aromatic carbocycles. The van der Waals surface area contributed by atoms with Crippen LogP contribution >= 0.6 is 0 Å². The van der Waals surface area contributed by atoms with Crippen LogP contribution < -0.4 is 0 Å². The van der Waals surface area contributed by atoms with Crippen molar-refractivity contribution < 1.29 is 47.5 Å². The minimum atomic E-state index is -4.93. The first-order valence-corrected chi connectivity index (χ1v) is 15.8. The largest absolute Gasteiger partial charge is 0.397 e. The monoisotopic (exact) mass is 576 g/mol. The summed E-state index contributed by atoms with van der Waals surface area (Å²) in [6, 6.07) is 0. The minimum Gasteiger partial charge on any atom is -0.393 e. The molecule has 4 saturated carbocycles. The molecule has 39 heavy (non-hydrogen) atoms. The number of Topliss-reactive ketones (excluding diaryl/α,β-unsaturated/α-hetero) is 1. The topological polar surface area (TPSA) is 182 Å². The van der Waals surface area contributed by atoms with Gasteiger partial charge in [-0.05, 0) is 66.1 Å². The van der Waals surface area contributed by atoms with Crippen LogP contribution in [0.2, 0.25) is 0 Å². The maximum Gasteiger partial charge on any atom is 0.397 e. The molecule has 0 heterocycles. The van der Waals surface area contributed by atoms with E-state index in [1.807, 2.05) is 6.92 Å². The van der Waals surface area contributed by atoms with E-state index in [2.05, 4.69) is 27.7 Å². The Bertz CT molecular complexity index is 1030. The number of hydrogen-bond acceptors (Lipinski definition) is 9. The summed E-state index contributed by atoms with van der Waals surface area (Å²) in [4.78, 5) is 13.7. The van der Waals surface area contributed by atoms with E-state index in [1.54, 1.807) is 6.92 Å². The molecule has 11 heteroatoms. The summed E-state index contributed by atoms with van der Waals surface area (Å²) in [5.41, 5.74) is -1.50. The number of fused-ring (bicyclic) bond motifs is 5. The van der Waals surface area contributed by atoms with Gasteiger partial charge in [-0.2, -0.15) is 8.42 Å². The van der Waals surface area contributed by atoms with Gasteiger partial charge in [-0.3, -0.25) is 9.35 Å². The third-order valence-corrected chi connectivity index (χ3v) is 12.4. The normalized spacial score (nSPS) is 48.7. The van der Waals surface area contributed by atoms with E-state index in [4.69, 9.17) is 4.18 Å². The molecule has 4 aliphatic rings. The number of carbonyl (C=O) groups is 1. The van der Waals surface area contributed by atoms with E-state index in [1.165, 1.54) is 0 Å². The molecule has 226 valence electrons. The Balaban J connectivity index is 1.67. The summed E-state index contributed by atoms with van der Waals surface area (Å²) in [5, 5.41) is 55.5. The van der Waals surface area contributed by atoms with Gasteiger partial charge in [-0.1, -0.05) is 41.5 Å². The van der Waals surface area contributed by atoms with Crippen molar-refractivity contribution in [1.82, 2.24) is 0 Å². The van der Waals surface area contributed by atoms with Gasteiger partial charge in [0.2, 0.25) is 0 Å². The van der Waals surface area contributed by atoms with E-state index < -0.39 is 75.6 Å². The van der Waals surface area contributed by atoms with E-state index >= 15 is 0 Å². The lowest BCUT2D eigenvalue weighted by Gasteiger charge is -2.64.